The van der Waals surface area contributed by atoms with Crippen molar-refractivity contribution in [3.05, 3.63) is 23.3 Å². The molecule has 0 atom stereocenters. The van der Waals surface area contributed by atoms with Gasteiger partial charge in [0.2, 0.25) is 0 Å². The van der Waals surface area contributed by atoms with E-state index in [0.717, 1.165) is 22.9 Å². The van der Waals surface area contributed by atoms with E-state index >= 15 is 0 Å². The lowest BCUT2D eigenvalue weighted by Crippen LogP contribution is -2.24. The third kappa shape index (κ3) is 4.35. The van der Waals surface area contributed by atoms with Crippen molar-refractivity contribution < 1.29 is 4.79 Å². The number of hydrogen-bond acceptors (Lipinski definition) is 5. The Bertz CT molecular complexity index is 598. The molecule has 3 N–H and O–H groups in total. The lowest BCUT2D eigenvalue weighted by atomic mass is 10.2. The van der Waals surface area contributed by atoms with Crippen LogP contribution in [0.5, 0.6) is 0 Å². The van der Waals surface area contributed by atoms with Gasteiger partial charge in [0.15, 0.2) is 0 Å². The van der Waals surface area contributed by atoms with E-state index in [-0.39, 0.29) is 5.91 Å². The summed E-state index contributed by atoms with van der Waals surface area (Å²) in [5.41, 5.74) is 6.61. The van der Waals surface area contributed by atoms with Gasteiger partial charge < -0.3 is 11.1 Å². The van der Waals surface area contributed by atoms with Crippen LogP contribution in [0.4, 0.5) is 5.69 Å². The van der Waals surface area contributed by atoms with Crippen molar-refractivity contribution in [3.63, 3.8) is 0 Å². The molecule has 1 amide bonds. The number of hydrogen-bond donors (Lipinski definition) is 2. The fourth-order valence-electron chi connectivity index (χ4n) is 2.15. The summed E-state index contributed by atoms with van der Waals surface area (Å²) in [6.45, 7) is 0.712. The number of fused-ring (bicyclic) bond motifs is 1. The summed E-state index contributed by atoms with van der Waals surface area (Å²) < 4.78 is 0.956. The molecule has 0 aliphatic heterocycles. The lowest BCUT2D eigenvalue weighted by molar-refractivity contribution is 0.0958. The van der Waals surface area contributed by atoms with Crippen molar-refractivity contribution in [3.8, 4) is 0 Å². The minimum Gasteiger partial charge on any atom is -0.397 e. The summed E-state index contributed by atoms with van der Waals surface area (Å²) in [6, 6.07) is 1.85. The van der Waals surface area contributed by atoms with E-state index < -0.39 is 0 Å². The molecule has 0 aliphatic rings. The molecule has 21 heavy (non-hydrogen) atoms. The van der Waals surface area contributed by atoms with Gasteiger partial charge in [-0.2, -0.15) is 11.8 Å². The fraction of sp³-hybridized carbons (Fsp3) is 0.467. The van der Waals surface area contributed by atoms with Crippen LogP contribution < -0.4 is 11.1 Å². The number of nitrogens with zero attached hydrogens (tertiary/aromatic N) is 1. The van der Waals surface area contributed by atoms with Gasteiger partial charge in [-0.3, -0.25) is 9.78 Å². The maximum absolute atomic E-state index is 12.2. The van der Waals surface area contributed by atoms with Crippen molar-refractivity contribution in [1.29, 1.82) is 0 Å². The summed E-state index contributed by atoms with van der Waals surface area (Å²) in [5.74, 6) is 1.15. The standard InChI is InChI=1S/C15H21N3OS2/c1-20-9-5-3-2-4-7-18-15(19)14-13(16)11-6-8-17-10-12(11)21-14/h6,8,10H,2-5,7,9,16H2,1H3,(H,18,19). The number of thiophene rings is 1. The van der Waals surface area contributed by atoms with E-state index in [2.05, 4.69) is 16.6 Å². The molecule has 0 aromatic carbocycles. The van der Waals surface area contributed by atoms with Gasteiger partial charge >= 0.3 is 0 Å². The Hall–Kier alpha value is -1.27. The molecule has 2 heterocycles. The average Bonchev–Trinajstić information content (AvgIpc) is 2.84. The van der Waals surface area contributed by atoms with Crippen LogP contribution in [0.2, 0.25) is 0 Å². The van der Waals surface area contributed by atoms with Crippen LogP contribution in [0.3, 0.4) is 0 Å². The summed E-state index contributed by atoms with van der Waals surface area (Å²) in [5, 5.41) is 3.87. The van der Waals surface area contributed by atoms with E-state index in [1.807, 2.05) is 17.8 Å². The van der Waals surface area contributed by atoms with Crippen LogP contribution >= 0.6 is 23.1 Å². The smallest absolute Gasteiger partial charge is 0.263 e. The molecule has 2 rings (SSSR count). The number of amides is 1. The molecule has 4 nitrogen and oxygen atoms in total. The number of nitrogens with two attached hydrogens (primary N) is 1. The van der Waals surface area contributed by atoms with Crippen molar-refractivity contribution in [1.82, 2.24) is 10.3 Å². The van der Waals surface area contributed by atoms with Crippen molar-refractivity contribution in [2.75, 3.05) is 24.3 Å². The molecule has 0 unspecified atom stereocenters. The van der Waals surface area contributed by atoms with E-state index in [0.29, 0.717) is 17.1 Å². The van der Waals surface area contributed by atoms with Crippen molar-refractivity contribution in [2.24, 2.45) is 0 Å². The maximum atomic E-state index is 12.2. The first-order valence-electron chi connectivity index (χ1n) is 7.13. The van der Waals surface area contributed by atoms with Gasteiger partial charge in [-0.25, -0.2) is 0 Å². The Labute approximate surface area is 133 Å². The fourth-order valence-corrected chi connectivity index (χ4v) is 3.65. The predicted octanol–water partition coefficient (Wildman–Crippen LogP) is 3.53. The Morgan fingerprint density at radius 3 is 2.95 bits per heavy atom. The maximum Gasteiger partial charge on any atom is 0.263 e. The van der Waals surface area contributed by atoms with Crippen LogP contribution in [0.25, 0.3) is 10.1 Å². The van der Waals surface area contributed by atoms with Gasteiger partial charge in [0, 0.05) is 24.3 Å². The zero-order valence-corrected chi connectivity index (χ0v) is 13.9. The van der Waals surface area contributed by atoms with Gasteiger partial charge in [-0.1, -0.05) is 12.8 Å². The summed E-state index contributed by atoms with van der Waals surface area (Å²) in [7, 11) is 0. The zero-order chi connectivity index (χ0) is 15.1. The Morgan fingerprint density at radius 2 is 2.19 bits per heavy atom. The highest BCUT2D eigenvalue weighted by Gasteiger charge is 2.15. The first-order chi connectivity index (χ1) is 10.2. The Kier molecular flexibility index (Phi) is 6.32. The third-order valence-corrected chi connectivity index (χ3v) is 5.15. The molecule has 0 saturated heterocycles. The summed E-state index contributed by atoms with van der Waals surface area (Å²) in [4.78, 5) is 16.8. The van der Waals surface area contributed by atoms with Crippen LogP contribution in [0, 0.1) is 0 Å². The molecular weight excluding hydrogens is 302 g/mol. The van der Waals surface area contributed by atoms with Crippen LogP contribution in [0.1, 0.15) is 35.4 Å². The highest BCUT2D eigenvalue weighted by molar-refractivity contribution is 7.98. The highest BCUT2D eigenvalue weighted by Crippen LogP contribution is 2.32. The largest absolute Gasteiger partial charge is 0.397 e. The Morgan fingerprint density at radius 1 is 1.38 bits per heavy atom. The molecule has 0 bridgehead atoms. The number of nitrogen functional groups attached to an aromatic ring is 1. The first-order valence-corrected chi connectivity index (χ1v) is 9.34. The number of thioether (sulfide) groups is 1. The second-order valence-corrected chi connectivity index (χ2v) is 6.92. The van der Waals surface area contributed by atoms with Gasteiger partial charge in [0.1, 0.15) is 4.88 Å². The molecule has 0 fully saturated rings. The molecule has 114 valence electrons. The van der Waals surface area contributed by atoms with Crippen LogP contribution in [-0.4, -0.2) is 29.4 Å². The average molecular weight is 323 g/mol. The van der Waals surface area contributed by atoms with Gasteiger partial charge in [0.05, 0.1) is 10.4 Å². The SMILES string of the molecule is CSCCCCCCNC(=O)c1sc2cnccc2c1N. The van der Waals surface area contributed by atoms with E-state index in [1.54, 1.807) is 12.4 Å². The number of carbonyl (C=O) groups excluding carboxylic acids is 1. The minimum absolute atomic E-state index is 0.0715. The minimum atomic E-state index is -0.0715. The summed E-state index contributed by atoms with van der Waals surface area (Å²) >= 11 is 3.29. The molecule has 2 aromatic heterocycles. The van der Waals surface area contributed by atoms with Crippen molar-refractivity contribution in [2.45, 2.75) is 25.7 Å². The second-order valence-electron chi connectivity index (χ2n) is 4.88. The Balaban J connectivity index is 1.81. The third-order valence-electron chi connectivity index (χ3n) is 3.30. The number of pyridine rings is 1. The first kappa shape index (κ1) is 16.1. The molecular formula is C15H21N3OS2. The highest BCUT2D eigenvalue weighted by atomic mass is 32.2. The molecule has 0 radical (unpaired) electrons. The van der Waals surface area contributed by atoms with Gasteiger partial charge in [0.25, 0.3) is 5.91 Å². The lowest BCUT2D eigenvalue weighted by Gasteiger charge is -2.04. The number of carbonyl (C=O) groups is 1. The van der Waals surface area contributed by atoms with E-state index in [4.69, 9.17) is 5.73 Å². The molecule has 0 aliphatic carbocycles. The number of rotatable bonds is 8. The summed E-state index contributed by atoms with van der Waals surface area (Å²) in [6.07, 6.45) is 10.2. The molecule has 0 saturated carbocycles. The van der Waals surface area contributed by atoms with Crippen LogP contribution in [-0.2, 0) is 0 Å². The second kappa shape index (κ2) is 8.24. The molecule has 0 spiro atoms. The predicted molar refractivity (Wildman–Crippen MR) is 93.2 cm³/mol. The topological polar surface area (TPSA) is 68.0 Å². The van der Waals surface area contributed by atoms with E-state index in [1.165, 1.54) is 29.9 Å². The monoisotopic (exact) mass is 323 g/mol. The molecule has 2 aromatic rings. The number of anilines is 1. The number of unbranched alkanes of at least 4 members (excludes halogenated alkanes) is 3. The zero-order valence-electron chi connectivity index (χ0n) is 12.2. The number of aromatic nitrogens is 1. The van der Waals surface area contributed by atoms with Gasteiger partial charge in [-0.05, 0) is 30.9 Å². The molecule has 6 heteroatoms. The quantitative estimate of drug-likeness (QED) is 0.729. The number of nitrogens with one attached hydrogen (secondary N) is 1. The van der Waals surface area contributed by atoms with E-state index in [9.17, 15) is 4.79 Å². The van der Waals surface area contributed by atoms with Crippen molar-refractivity contribution >= 4 is 44.8 Å². The van der Waals surface area contributed by atoms with Crippen LogP contribution in [0.15, 0.2) is 18.5 Å². The normalized spacial score (nSPS) is 10.9. The van der Waals surface area contributed by atoms with Gasteiger partial charge in [-0.15, -0.1) is 11.3 Å².